The van der Waals surface area contributed by atoms with Crippen LogP contribution in [0.1, 0.15) is 40.5 Å². The van der Waals surface area contributed by atoms with Gasteiger partial charge in [-0.1, -0.05) is 35.5 Å². The highest BCUT2D eigenvalue weighted by Gasteiger charge is 2.38. The van der Waals surface area contributed by atoms with E-state index in [-0.39, 0.29) is 23.2 Å². The van der Waals surface area contributed by atoms with Crippen LogP contribution in [0.2, 0.25) is 0 Å². The van der Waals surface area contributed by atoms with Crippen LogP contribution in [0.5, 0.6) is 0 Å². The molecule has 1 aromatic carbocycles. The summed E-state index contributed by atoms with van der Waals surface area (Å²) >= 11 is 0. The molecule has 25 heavy (non-hydrogen) atoms. The van der Waals surface area contributed by atoms with Gasteiger partial charge in [0.2, 0.25) is 0 Å². The molecule has 1 fully saturated rings. The van der Waals surface area contributed by atoms with Crippen molar-refractivity contribution in [3.63, 3.8) is 0 Å². The summed E-state index contributed by atoms with van der Waals surface area (Å²) in [6.07, 6.45) is 1.75. The fraction of sp³-hybridized carbons (Fsp3) is 0.474. The fourth-order valence-corrected chi connectivity index (χ4v) is 3.83. The summed E-state index contributed by atoms with van der Waals surface area (Å²) in [7, 11) is 0. The van der Waals surface area contributed by atoms with E-state index in [1.807, 2.05) is 30.3 Å². The first-order valence-electron chi connectivity index (χ1n) is 8.61. The summed E-state index contributed by atoms with van der Waals surface area (Å²) in [5, 5.41) is 13.3. The molecule has 2 heterocycles. The second-order valence-electron chi connectivity index (χ2n) is 8.04. The third-order valence-electron chi connectivity index (χ3n) is 4.34. The van der Waals surface area contributed by atoms with Crippen molar-refractivity contribution in [1.82, 2.24) is 15.8 Å². The van der Waals surface area contributed by atoms with Gasteiger partial charge in [-0.25, -0.2) is 4.79 Å². The summed E-state index contributed by atoms with van der Waals surface area (Å²) in [6.45, 7) is 8.63. The lowest BCUT2D eigenvalue weighted by molar-refractivity contribution is 0.149. The summed E-state index contributed by atoms with van der Waals surface area (Å²) in [4.78, 5) is 12.3. The lowest BCUT2D eigenvalue weighted by atomic mass is 9.80. The largest absolute Gasteiger partial charge is 0.354 e. The van der Waals surface area contributed by atoms with Crippen LogP contribution in [0, 0.1) is 0 Å². The van der Waals surface area contributed by atoms with Crippen LogP contribution in [0.15, 0.2) is 40.9 Å². The molecule has 6 nitrogen and oxygen atoms in total. The topological polar surface area (TPSA) is 79.2 Å². The maximum Gasteiger partial charge on any atom is 0.320 e. The van der Waals surface area contributed by atoms with Crippen LogP contribution in [0.3, 0.4) is 0 Å². The van der Waals surface area contributed by atoms with Gasteiger partial charge in [-0.15, -0.1) is 0 Å². The molecule has 0 unspecified atom stereocenters. The van der Waals surface area contributed by atoms with Crippen LogP contribution in [0.4, 0.5) is 10.6 Å². The molecular weight excluding hydrogens is 316 g/mol. The first kappa shape index (κ1) is 17.5. The molecule has 1 aliphatic heterocycles. The predicted molar refractivity (Wildman–Crippen MR) is 98.4 cm³/mol. The van der Waals surface area contributed by atoms with Crippen molar-refractivity contribution >= 4 is 11.8 Å². The molecule has 0 saturated carbocycles. The zero-order valence-corrected chi connectivity index (χ0v) is 15.2. The number of aromatic nitrogens is 1. The van der Waals surface area contributed by atoms with E-state index in [1.54, 1.807) is 6.07 Å². The van der Waals surface area contributed by atoms with E-state index < -0.39 is 0 Å². The molecule has 3 N–H and O–H groups in total. The summed E-state index contributed by atoms with van der Waals surface area (Å²) in [5.41, 5.74) is 0.882. The highest BCUT2D eigenvalue weighted by atomic mass is 16.5. The average molecular weight is 342 g/mol. The van der Waals surface area contributed by atoms with E-state index in [4.69, 9.17) is 4.52 Å². The number of carbonyl (C=O) groups is 1. The molecule has 6 heteroatoms. The quantitative estimate of drug-likeness (QED) is 0.793. The Morgan fingerprint density at radius 1 is 1.16 bits per heavy atom. The van der Waals surface area contributed by atoms with Crippen molar-refractivity contribution < 1.29 is 9.32 Å². The minimum atomic E-state index is -0.258. The van der Waals surface area contributed by atoms with Gasteiger partial charge in [0.25, 0.3) is 0 Å². The summed E-state index contributed by atoms with van der Waals surface area (Å²) < 4.78 is 5.31. The van der Waals surface area contributed by atoms with Gasteiger partial charge in [-0.2, -0.15) is 0 Å². The van der Waals surface area contributed by atoms with Crippen LogP contribution in [-0.4, -0.2) is 28.3 Å². The number of carbonyl (C=O) groups excluding carboxylic acids is 1. The Morgan fingerprint density at radius 3 is 2.44 bits per heavy atom. The van der Waals surface area contributed by atoms with Crippen molar-refractivity contribution in [2.24, 2.45) is 0 Å². The van der Waals surface area contributed by atoms with Gasteiger partial charge >= 0.3 is 6.03 Å². The second-order valence-corrected chi connectivity index (χ2v) is 8.04. The standard InChI is InChI=1S/C19H26N4O2/c1-18(2)11-14(12-19(3,4)23-18)20-17(24)21-16-10-15(25-22-16)13-8-6-5-7-9-13/h5-10,14,23H,11-12H2,1-4H3,(H2,20,21,22,24). The van der Waals surface area contributed by atoms with Gasteiger partial charge in [0, 0.05) is 28.7 Å². The molecule has 0 atom stereocenters. The highest BCUT2D eigenvalue weighted by molar-refractivity contribution is 5.88. The molecule has 0 spiro atoms. The van der Waals surface area contributed by atoms with Crippen molar-refractivity contribution in [3.05, 3.63) is 36.4 Å². The number of amides is 2. The van der Waals surface area contributed by atoms with Gasteiger partial charge in [0.15, 0.2) is 11.6 Å². The van der Waals surface area contributed by atoms with Crippen LogP contribution >= 0.6 is 0 Å². The van der Waals surface area contributed by atoms with E-state index in [0.717, 1.165) is 18.4 Å². The molecule has 2 amide bonds. The van der Waals surface area contributed by atoms with E-state index in [0.29, 0.717) is 11.6 Å². The van der Waals surface area contributed by atoms with Crippen LogP contribution in [0.25, 0.3) is 11.3 Å². The maximum atomic E-state index is 12.3. The minimum absolute atomic E-state index is 0.0198. The predicted octanol–water partition coefficient (Wildman–Crippen LogP) is 3.77. The number of nitrogens with one attached hydrogen (secondary N) is 3. The van der Waals surface area contributed by atoms with Gasteiger partial charge in [0.1, 0.15) is 0 Å². The Morgan fingerprint density at radius 2 is 1.80 bits per heavy atom. The maximum absolute atomic E-state index is 12.3. The number of hydrogen-bond acceptors (Lipinski definition) is 4. The number of hydrogen-bond donors (Lipinski definition) is 3. The first-order chi connectivity index (χ1) is 11.7. The summed E-state index contributed by atoms with van der Waals surface area (Å²) in [6, 6.07) is 11.2. The van der Waals surface area contributed by atoms with Crippen molar-refractivity contribution in [3.8, 4) is 11.3 Å². The molecule has 0 aliphatic carbocycles. The van der Waals surface area contributed by atoms with Gasteiger partial charge < -0.3 is 15.2 Å². The number of urea groups is 1. The lowest BCUT2D eigenvalue weighted by Gasteiger charge is -2.46. The zero-order chi connectivity index (χ0) is 18.1. The third-order valence-corrected chi connectivity index (χ3v) is 4.34. The Bertz CT molecular complexity index is 721. The molecule has 1 aromatic heterocycles. The smallest absolute Gasteiger partial charge is 0.320 e. The van der Waals surface area contributed by atoms with E-state index in [2.05, 4.69) is 48.8 Å². The van der Waals surface area contributed by atoms with E-state index in [1.165, 1.54) is 0 Å². The van der Waals surface area contributed by atoms with Crippen molar-refractivity contribution in [2.45, 2.75) is 57.7 Å². The number of piperidine rings is 1. The van der Waals surface area contributed by atoms with E-state index in [9.17, 15) is 4.79 Å². The third kappa shape index (κ3) is 4.60. The van der Waals surface area contributed by atoms with Crippen LogP contribution in [-0.2, 0) is 0 Å². The van der Waals surface area contributed by atoms with E-state index >= 15 is 0 Å². The van der Waals surface area contributed by atoms with Crippen molar-refractivity contribution in [2.75, 3.05) is 5.32 Å². The molecule has 2 aromatic rings. The Balaban J connectivity index is 1.61. The molecule has 3 rings (SSSR count). The Kier molecular flexibility index (Phi) is 4.56. The number of rotatable bonds is 3. The molecule has 1 saturated heterocycles. The zero-order valence-electron chi connectivity index (χ0n) is 15.2. The van der Waals surface area contributed by atoms with Gasteiger partial charge in [-0.05, 0) is 40.5 Å². The summed E-state index contributed by atoms with van der Waals surface area (Å²) in [5.74, 6) is 1.03. The number of benzene rings is 1. The molecule has 134 valence electrons. The highest BCUT2D eigenvalue weighted by Crippen LogP contribution is 2.28. The SMILES string of the molecule is CC1(C)CC(NC(=O)Nc2cc(-c3ccccc3)on2)CC(C)(C)N1. The van der Waals surface area contributed by atoms with Crippen molar-refractivity contribution in [1.29, 1.82) is 0 Å². The number of anilines is 1. The molecule has 0 radical (unpaired) electrons. The first-order valence-corrected chi connectivity index (χ1v) is 8.61. The van der Waals surface area contributed by atoms with Crippen LogP contribution < -0.4 is 16.0 Å². The molecule has 1 aliphatic rings. The lowest BCUT2D eigenvalue weighted by Crippen LogP contribution is -2.62. The Hall–Kier alpha value is -2.34. The Labute approximate surface area is 148 Å². The molecular formula is C19H26N4O2. The van der Waals surface area contributed by atoms with Gasteiger partial charge in [-0.3, -0.25) is 5.32 Å². The fourth-order valence-electron chi connectivity index (χ4n) is 3.83. The van der Waals surface area contributed by atoms with Gasteiger partial charge in [0.05, 0.1) is 0 Å². The molecule has 0 bridgehead atoms. The average Bonchev–Trinajstić information content (AvgIpc) is 2.93. The second kappa shape index (κ2) is 6.52. The number of nitrogens with zero attached hydrogens (tertiary/aromatic N) is 1. The minimum Gasteiger partial charge on any atom is -0.354 e. The normalized spacial score (nSPS) is 19.4. The monoisotopic (exact) mass is 342 g/mol.